The molecule has 1 unspecified atom stereocenters. The molecule has 1 aromatic carbocycles. The molecule has 0 aliphatic heterocycles. The minimum atomic E-state index is 0.208. The minimum absolute atomic E-state index is 0.208. The SMILES string of the molecule is CCC(N)Cc1cc(C)ccc1OC(C)C. The summed E-state index contributed by atoms with van der Waals surface area (Å²) in [7, 11) is 0. The molecule has 0 aliphatic carbocycles. The molecular formula is C14H23NO. The van der Waals surface area contributed by atoms with Gasteiger partial charge in [-0.05, 0) is 45.2 Å². The van der Waals surface area contributed by atoms with E-state index in [1.54, 1.807) is 0 Å². The zero-order valence-corrected chi connectivity index (χ0v) is 10.8. The summed E-state index contributed by atoms with van der Waals surface area (Å²) in [5.74, 6) is 0.976. The highest BCUT2D eigenvalue weighted by Gasteiger charge is 2.09. The van der Waals surface area contributed by atoms with E-state index in [4.69, 9.17) is 10.5 Å². The van der Waals surface area contributed by atoms with Crippen molar-refractivity contribution in [2.75, 3.05) is 0 Å². The zero-order chi connectivity index (χ0) is 12.1. The first kappa shape index (κ1) is 13.0. The summed E-state index contributed by atoms with van der Waals surface area (Å²) in [5, 5.41) is 0. The van der Waals surface area contributed by atoms with Gasteiger partial charge in [-0.15, -0.1) is 0 Å². The van der Waals surface area contributed by atoms with Crippen LogP contribution in [0, 0.1) is 6.92 Å². The van der Waals surface area contributed by atoms with Crippen molar-refractivity contribution in [2.45, 2.75) is 52.7 Å². The summed E-state index contributed by atoms with van der Waals surface area (Å²) < 4.78 is 5.79. The molecule has 0 aromatic heterocycles. The fourth-order valence-electron chi connectivity index (χ4n) is 1.66. The van der Waals surface area contributed by atoms with Crippen LogP contribution in [0.4, 0.5) is 0 Å². The topological polar surface area (TPSA) is 35.2 Å². The highest BCUT2D eigenvalue weighted by Crippen LogP contribution is 2.22. The summed E-state index contributed by atoms with van der Waals surface area (Å²) in [6.07, 6.45) is 2.09. The van der Waals surface area contributed by atoms with Gasteiger partial charge in [0, 0.05) is 6.04 Å². The quantitative estimate of drug-likeness (QED) is 0.829. The summed E-state index contributed by atoms with van der Waals surface area (Å²) in [6.45, 7) is 8.30. The van der Waals surface area contributed by atoms with Gasteiger partial charge in [-0.3, -0.25) is 0 Å². The van der Waals surface area contributed by atoms with Gasteiger partial charge >= 0.3 is 0 Å². The van der Waals surface area contributed by atoms with Crippen LogP contribution < -0.4 is 10.5 Å². The number of ether oxygens (including phenoxy) is 1. The number of hydrogen-bond donors (Lipinski definition) is 1. The van der Waals surface area contributed by atoms with E-state index in [9.17, 15) is 0 Å². The Morgan fingerprint density at radius 3 is 2.56 bits per heavy atom. The third-order valence-corrected chi connectivity index (χ3v) is 2.59. The van der Waals surface area contributed by atoms with E-state index in [0.29, 0.717) is 0 Å². The molecule has 0 amide bonds. The van der Waals surface area contributed by atoms with E-state index in [0.717, 1.165) is 18.6 Å². The standard InChI is InChI=1S/C14H23NO/c1-5-13(15)9-12-8-11(4)6-7-14(12)16-10(2)3/h6-8,10,13H,5,9,15H2,1-4H3. The Hall–Kier alpha value is -1.02. The summed E-state index contributed by atoms with van der Waals surface area (Å²) in [5.41, 5.74) is 8.48. The van der Waals surface area contributed by atoms with Gasteiger partial charge in [0.2, 0.25) is 0 Å². The smallest absolute Gasteiger partial charge is 0.122 e. The summed E-state index contributed by atoms with van der Waals surface area (Å²) in [4.78, 5) is 0. The lowest BCUT2D eigenvalue weighted by molar-refractivity contribution is 0.239. The second-order valence-electron chi connectivity index (χ2n) is 4.65. The molecule has 0 heterocycles. The Morgan fingerprint density at radius 2 is 2.00 bits per heavy atom. The van der Waals surface area contributed by atoms with Gasteiger partial charge in [0.05, 0.1) is 6.10 Å². The van der Waals surface area contributed by atoms with Crippen LogP contribution in [-0.4, -0.2) is 12.1 Å². The molecule has 0 spiro atoms. The molecule has 2 nitrogen and oxygen atoms in total. The van der Waals surface area contributed by atoms with Gasteiger partial charge < -0.3 is 10.5 Å². The van der Waals surface area contributed by atoms with Crippen LogP contribution in [0.1, 0.15) is 38.3 Å². The largest absolute Gasteiger partial charge is 0.491 e. The van der Waals surface area contributed by atoms with E-state index in [1.165, 1.54) is 11.1 Å². The molecule has 0 aliphatic rings. The van der Waals surface area contributed by atoms with Gasteiger partial charge in [0.25, 0.3) is 0 Å². The van der Waals surface area contributed by atoms with Crippen LogP contribution in [0.3, 0.4) is 0 Å². The molecule has 16 heavy (non-hydrogen) atoms. The molecule has 2 heteroatoms. The monoisotopic (exact) mass is 221 g/mol. The van der Waals surface area contributed by atoms with Crippen molar-refractivity contribution in [3.8, 4) is 5.75 Å². The fourth-order valence-corrected chi connectivity index (χ4v) is 1.66. The molecular weight excluding hydrogens is 198 g/mol. The highest BCUT2D eigenvalue weighted by molar-refractivity contribution is 5.37. The van der Waals surface area contributed by atoms with Crippen molar-refractivity contribution in [3.63, 3.8) is 0 Å². The van der Waals surface area contributed by atoms with Crippen molar-refractivity contribution in [2.24, 2.45) is 5.73 Å². The summed E-state index contributed by atoms with van der Waals surface area (Å²) in [6, 6.07) is 6.52. The number of nitrogens with two attached hydrogens (primary N) is 1. The number of benzene rings is 1. The first-order chi connectivity index (χ1) is 7.52. The van der Waals surface area contributed by atoms with Gasteiger partial charge in [-0.25, -0.2) is 0 Å². The second-order valence-corrected chi connectivity index (χ2v) is 4.65. The minimum Gasteiger partial charge on any atom is -0.491 e. The van der Waals surface area contributed by atoms with Gasteiger partial charge in [0.15, 0.2) is 0 Å². The van der Waals surface area contributed by atoms with Crippen LogP contribution in [0.2, 0.25) is 0 Å². The predicted octanol–water partition coefficient (Wildman–Crippen LogP) is 3.06. The molecule has 1 aromatic rings. The molecule has 0 saturated heterocycles. The lowest BCUT2D eigenvalue weighted by Crippen LogP contribution is -2.22. The van der Waals surface area contributed by atoms with Gasteiger partial charge in [-0.1, -0.05) is 24.6 Å². The van der Waals surface area contributed by atoms with Crippen LogP contribution in [0.25, 0.3) is 0 Å². The predicted molar refractivity (Wildman–Crippen MR) is 68.9 cm³/mol. The molecule has 0 saturated carbocycles. The highest BCUT2D eigenvalue weighted by atomic mass is 16.5. The lowest BCUT2D eigenvalue weighted by atomic mass is 10.0. The van der Waals surface area contributed by atoms with Crippen molar-refractivity contribution in [1.82, 2.24) is 0 Å². The fraction of sp³-hybridized carbons (Fsp3) is 0.571. The van der Waals surface area contributed by atoms with E-state index in [-0.39, 0.29) is 12.1 Å². The Bertz CT molecular complexity index is 334. The Labute approximate surface area is 98.8 Å². The van der Waals surface area contributed by atoms with Crippen molar-refractivity contribution >= 4 is 0 Å². The van der Waals surface area contributed by atoms with Crippen molar-refractivity contribution < 1.29 is 4.74 Å². The summed E-state index contributed by atoms with van der Waals surface area (Å²) >= 11 is 0. The average Bonchev–Trinajstić information content (AvgIpc) is 2.21. The van der Waals surface area contributed by atoms with E-state index in [1.807, 2.05) is 19.9 Å². The number of hydrogen-bond acceptors (Lipinski definition) is 2. The van der Waals surface area contributed by atoms with E-state index >= 15 is 0 Å². The van der Waals surface area contributed by atoms with Gasteiger partial charge in [-0.2, -0.15) is 0 Å². The maximum absolute atomic E-state index is 6.00. The maximum Gasteiger partial charge on any atom is 0.122 e. The van der Waals surface area contributed by atoms with Crippen LogP contribution in [0.5, 0.6) is 5.75 Å². The zero-order valence-electron chi connectivity index (χ0n) is 10.8. The second kappa shape index (κ2) is 5.90. The molecule has 0 radical (unpaired) electrons. The first-order valence-electron chi connectivity index (χ1n) is 6.04. The third kappa shape index (κ3) is 3.86. The molecule has 90 valence electrons. The molecule has 1 atom stereocenters. The normalized spacial score (nSPS) is 12.9. The Kier molecular flexibility index (Phi) is 4.81. The molecule has 0 bridgehead atoms. The van der Waals surface area contributed by atoms with E-state index < -0.39 is 0 Å². The number of rotatable bonds is 5. The molecule has 1 rings (SSSR count). The van der Waals surface area contributed by atoms with Gasteiger partial charge in [0.1, 0.15) is 5.75 Å². The van der Waals surface area contributed by atoms with Crippen molar-refractivity contribution in [1.29, 1.82) is 0 Å². The third-order valence-electron chi connectivity index (χ3n) is 2.59. The lowest BCUT2D eigenvalue weighted by Gasteiger charge is -2.17. The maximum atomic E-state index is 6.00. The van der Waals surface area contributed by atoms with Crippen LogP contribution >= 0.6 is 0 Å². The molecule has 0 fully saturated rings. The van der Waals surface area contributed by atoms with Crippen LogP contribution in [0.15, 0.2) is 18.2 Å². The Morgan fingerprint density at radius 1 is 1.31 bits per heavy atom. The van der Waals surface area contributed by atoms with Crippen LogP contribution in [-0.2, 0) is 6.42 Å². The molecule has 2 N–H and O–H groups in total. The Balaban J connectivity index is 2.89. The first-order valence-corrected chi connectivity index (χ1v) is 6.04. The average molecular weight is 221 g/mol. The van der Waals surface area contributed by atoms with E-state index in [2.05, 4.69) is 26.0 Å². The number of aryl methyl sites for hydroxylation is 1. The van der Waals surface area contributed by atoms with Crippen molar-refractivity contribution in [3.05, 3.63) is 29.3 Å².